The number of hydrogen-bond acceptors (Lipinski definition) is 4. The van der Waals surface area contributed by atoms with Crippen LogP contribution < -0.4 is 5.32 Å². The maximum absolute atomic E-state index is 12.2. The van der Waals surface area contributed by atoms with Crippen molar-refractivity contribution >= 4 is 16.8 Å². The number of benzene rings is 2. The van der Waals surface area contributed by atoms with Crippen LogP contribution in [0.3, 0.4) is 0 Å². The monoisotopic (exact) mass is 332 g/mol. The maximum atomic E-state index is 12.2. The van der Waals surface area contributed by atoms with Gasteiger partial charge in [0.2, 0.25) is 17.6 Å². The molecule has 0 aliphatic rings. The van der Waals surface area contributed by atoms with Gasteiger partial charge in [-0.15, -0.1) is 0 Å². The minimum atomic E-state index is -0.110. The first-order valence-electron chi connectivity index (χ1n) is 7.98. The second-order valence-electron chi connectivity index (χ2n) is 5.66. The highest BCUT2D eigenvalue weighted by Gasteiger charge is 2.10. The quantitative estimate of drug-likeness (QED) is 0.610. The molecule has 0 fully saturated rings. The van der Waals surface area contributed by atoms with Crippen LogP contribution in [0.25, 0.3) is 22.3 Å². The van der Waals surface area contributed by atoms with E-state index in [2.05, 4.69) is 15.5 Å². The lowest BCUT2D eigenvalue weighted by Crippen LogP contribution is -2.26. The highest BCUT2D eigenvalue weighted by molar-refractivity contribution is 5.83. The minimum Gasteiger partial charge on any atom is -0.345 e. The van der Waals surface area contributed by atoms with E-state index in [4.69, 9.17) is 4.52 Å². The van der Waals surface area contributed by atoms with E-state index >= 15 is 0 Å². The number of aromatic nitrogens is 3. The Morgan fingerprint density at radius 2 is 1.84 bits per heavy atom. The summed E-state index contributed by atoms with van der Waals surface area (Å²) in [7, 11) is 0. The predicted molar refractivity (Wildman–Crippen MR) is 93.5 cm³/mol. The van der Waals surface area contributed by atoms with Crippen LogP contribution in [0.4, 0.5) is 0 Å². The van der Waals surface area contributed by atoms with Crippen molar-refractivity contribution in [2.45, 2.75) is 13.1 Å². The summed E-state index contributed by atoms with van der Waals surface area (Å²) in [5, 5.41) is 7.86. The average molecular weight is 332 g/mol. The van der Waals surface area contributed by atoms with Crippen LogP contribution in [-0.4, -0.2) is 20.6 Å². The lowest BCUT2D eigenvalue weighted by molar-refractivity contribution is -0.121. The number of nitrogens with zero attached hydrogens (tertiary/aromatic N) is 3. The molecule has 0 radical (unpaired) electrons. The smallest absolute Gasteiger partial charge is 0.246 e. The third-order valence-corrected chi connectivity index (χ3v) is 3.93. The van der Waals surface area contributed by atoms with E-state index in [-0.39, 0.29) is 19.0 Å². The SMILES string of the molecule is O=C(Cn1ccc2ccccc21)NCc1nc(-c2ccccc2)no1. The van der Waals surface area contributed by atoms with Gasteiger partial charge < -0.3 is 14.4 Å². The van der Waals surface area contributed by atoms with Gasteiger partial charge in [0.1, 0.15) is 6.54 Å². The summed E-state index contributed by atoms with van der Waals surface area (Å²) >= 11 is 0. The molecule has 0 aliphatic carbocycles. The van der Waals surface area contributed by atoms with Crippen LogP contribution in [0, 0.1) is 0 Å². The number of amides is 1. The summed E-state index contributed by atoms with van der Waals surface area (Å²) in [4.78, 5) is 16.5. The van der Waals surface area contributed by atoms with Gasteiger partial charge in [-0.1, -0.05) is 53.7 Å². The molecule has 6 nitrogen and oxygen atoms in total. The zero-order valence-corrected chi connectivity index (χ0v) is 13.4. The fraction of sp³-hybridized carbons (Fsp3) is 0.105. The average Bonchev–Trinajstić information content (AvgIpc) is 3.28. The zero-order valence-electron chi connectivity index (χ0n) is 13.4. The number of carbonyl (C=O) groups is 1. The lowest BCUT2D eigenvalue weighted by Gasteiger charge is -2.05. The first kappa shape index (κ1) is 15.1. The Kier molecular flexibility index (Phi) is 4.00. The van der Waals surface area contributed by atoms with E-state index in [1.54, 1.807) is 0 Å². The third kappa shape index (κ3) is 3.28. The topological polar surface area (TPSA) is 73.0 Å². The molecule has 1 amide bonds. The highest BCUT2D eigenvalue weighted by atomic mass is 16.5. The van der Waals surface area contributed by atoms with Gasteiger partial charge in [-0.05, 0) is 17.5 Å². The molecule has 4 rings (SSSR count). The molecular weight excluding hydrogens is 316 g/mol. The molecule has 0 bridgehead atoms. The number of hydrogen-bond donors (Lipinski definition) is 1. The van der Waals surface area contributed by atoms with Crippen molar-refractivity contribution in [1.29, 1.82) is 0 Å². The van der Waals surface area contributed by atoms with Crippen LogP contribution in [0.15, 0.2) is 71.4 Å². The number of para-hydroxylation sites is 1. The molecule has 2 aromatic heterocycles. The van der Waals surface area contributed by atoms with Crippen molar-refractivity contribution in [3.63, 3.8) is 0 Å². The molecule has 25 heavy (non-hydrogen) atoms. The molecule has 4 aromatic rings. The molecule has 2 aromatic carbocycles. The Morgan fingerprint density at radius 3 is 2.72 bits per heavy atom. The lowest BCUT2D eigenvalue weighted by atomic mass is 10.2. The van der Waals surface area contributed by atoms with E-state index in [0.717, 1.165) is 16.5 Å². The summed E-state index contributed by atoms with van der Waals surface area (Å²) < 4.78 is 7.10. The van der Waals surface area contributed by atoms with Crippen molar-refractivity contribution < 1.29 is 9.32 Å². The first-order chi connectivity index (χ1) is 12.3. The molecule has 0 saturated heterocycles. The summed E-state index contributed by atoms with van der Waals surface area (Å²) in [5.74, 6) is 0.784. The molecule has 1 N–H and O–H groups in total. The Bertz CT molecular complexity index is 1000. The van der Waals surface area contributed by atoms with Crippen LogP contribution in [0.5, 0.6) is 0 Å². The van der Waals surface area contributed by atoms with Crippen LogP contribution >= 0.6 is 0 Å². The maximum Gasteiger partial charge on any atom is 0.246 e. The second kappa shape index (κ2) is 6.60. The largest absolute Gasteiger partial charge is 0.345 e. The normalized spacial score (nSPS) is 10.9. The molecule has 2 heterocycles. The summed E-state index contributed by atoms with van der Waals surface area (Å²) in [6, 6.07) is 19.5. The fourth-order valence-electron chi connectivity index (χ4n) is 2.69. The Balaban J connectivity index is 1.38. The van der Waals surface area contributed by atoms with Gasteiger partial charge in [-0.2, -0.15) is 4.98 Å². The minimum absolute atomic E-state index is 0.110. The van der Waals surface area contributed by atoms with Crippen molar-refractivity contribution in [2.24, 2.45) is 0 Å². The van der Waals surface area contributed by atoms with Gasteiger partial charge in [-0.25, -0.2) is 0 Å². The molecule has 0 unspecified atom stereocenters. The Morgan fingerprint density at radius 1 is 1.04 bits per heavy atom. The van der Waals surface area contributed by atoms with E-state index in [0.29, 0.717) is 11.7 Å². The summed E-state index contributed by atoms with van der Waals surface area (Å²) in [6.07, 6.45) is 1.91. The van der Waals surface area contributed by atoms with Gasteiger partial charge in [0, 0.05) is 17.3 Å². The van der Waals surface area contributed by atoms with Crippen LogP contribution in [0.2, 0.25) is 0 Å². The van der Waals surface area contributed by atoms with Crippen molar-refractivity contribution in [1.82, 2.24) is 20.0 Å². The molecule has 124 valence electrons. The molecule has 0 spiro atoms. The molecular formula is C19H16N4O2. The molecule has 0 aliphatic heterocycles. The zero-order chi connectivity index (χ0) is 17.1. The van der Waals surface area contributed by atoms with Gasteiger partial charge >= 0.3 is 0 Å². The molecule has 6 heteroatoms. The highest BCUT2D eigenvalue weighted by Crippen LogP contribution is 2.15. The molecule has 0 atom stereocenters. The van der Waals surface area contributed by atoms with Crippen molar-refractivity contribution in [2.75, 3.05) is 0 Å². The number of nitrogens with one attached hydrogen (secondary N) is 1. The Hall–Kier alpha value is -3.41. The van der Waals surface area contributed by atoms with Gasteiger partial charge in [-0.3, -0.25) is 4.79 Å². The number of carbonyl (C=O) groups excluding carboxylic acids is 1. The summed E-state index contributed by atoms with van der Waals surface area (Å²) in [6.45, 7) is 0.449. The Labute approximate surface area is 144 Å². The van der Waals surface area contributed by atoms with Crippen LogP contribution in [0.1, 0.15) is 5.89 Å². The number of rotatable bonds is 5. The van der Waals surface area contributed by atoms with E-state index in [9.17, 15) is 4.79 Å². The predicted octanol–water partition coefficient (Wildman–Crippen LogP) is 3.01. The van der Waals surface area contributed by atoms with Crippen molar-refractivity contribution in [3.05, 3.63) is 72.8 Å². The first-order valence-corrected chi connectivity index (χ1v) is 7.98. The second-order valence-corrected chi connectivity index (χ2v) is 5.66. The van der Waals surface area contributed by atoms with Gasteiger partial charge in [0.15, 0.2) is 0 Å². The van der Waals surface area contributed by atoms with E-state index in [1.165, 1.54) is 0 Å². The third-order valence-electron chi connectivity index (χ3n) is 3.93. The summed E-state index contributed by atoms with van der Waals surface area (Å²) in [5.41, 5.74) is 1.91. The van der Waals surface area contributed by atoms with Gasteiger partial charge in [0.25, 0.3) is 0 Å². The van der Waals surface area contributed by atoms with Crippen molar-refractivity contribution in [3.8, 4) is 11.4 Å². The van der Waals surface area contributed by atoms with Crippen LogP contribution in [-0.2, 0) is 17.9 Å². The van der Waals surface area contributed by atoms with E-state index in [1.807, 2.05) is 71.4 Å². The fourth-order valence-corrected chi connectivity index (χ4v) is 2.69. The van der Waals surface area contributed by atoms with E-state index < -0.39 is 0 Å². The number of fused-ring (bicyclic) bond motifs is 1. The standard InChI is InChI=1S/C19H16N4O2/c24-17(13-23-11-10-14-6-4-5-9-16(14)23)20-12-18-21-19(22-25-18)15-7-2-1-3-8-15/h1-11H,12-13H2,(H,20,24). The van der Waals surface area contributed by atoms with Gasteiger partial charge in [0.05, 0.1) is 6.54 Å². The molecule has 0 saturated carbocycles.